The molecule has 0 saturated carbocycles. The fraction of sp³-hybridized carbons (Fsp3) is 0.550. The minimum atomic E-state index is 0.0257. The summed E-state index contributed by atoms with van der Waals surface area (Å²) < 4.78 is 6.94. The molecule has 2 saturated heterocycles. The van der Waals surface area contributed by atoms with Crippen LogP contribution in [-0.4, -0.2) is 69.5 Å². The lowest BCUT2D eigenvalue weighted by Gasteiger charge is -2.28. The van der Waals surface area contributed by atoms with E-state index in [-0.39, 0.29) is 11.9 Å². The smallest absolute Gasteiger partial charge is 0.276 e. The van der Waals surface area contributed by atoms with Crippen LogP contribution in [0.4, 0.5) is 0 Å². The fourth-order valence-corrected chi connectivity index (χ4v) is 4.38. The number of nitrogens with zero attached hydrogens (tertiary/aromatic N) is 5. The van der Waals surface area contributed by atoms with Gasteiger partial charge >= 0.3 is 0 Å². The Labute approximate surface area is 159 Å². The number of likely N-dealkylation sites (tertiary alicyclic amines) is 1. The molecular formula is C20H27N5O2. The molecule has 1 aromatic heterocycles. The topological polar surface area (TPSA) is 63.5 Å². The van der Waals surface area contributed by atoms with E-state index in [0.717, 1.165) is 56.0 Å². The molecule has 0 aliphatic carbocycles. The molecule has 144 valence electrons. The van der Waals surface area contributed by atoms with Gasteiger partial charge in [-0.2, -0.15) is 0 Å². The summed E-state index contributed by atoms with van der Waals surface area (Å²) in [6, 6.07) is 8.21. The van der Waals surface area contributed by atoms with Crippen LogP contribution in [0.3, 0.4) is 0 Å². The number of carbonyl (C=O) groups excluding carboxylic acids is 1. The minimum Gasteiger partial charge on any atom is -0.497 e. The maximum absolute atomic E-state index is 13.3. The van der Waals surface area contributed by atoms with Crippen molar-refractivity contribution in [1.82, 2.24) is 24.8 Å². The SMILES string of the molecule is CCN1CCC2CCC(C1)N2C(=O)c1nnn(-c2ccc(OC)cc2)c1C. The number of benzene rings is 1. The molecule has 4 rings (SSSR count). The molecule has 3 heterocycles. The molecule has 7 nitrogen and oxygen atoms in total. The van der Waals surface area contributed by atoms with Gasteiger partial charge in [0.05, 0.1) is 18.5 Å². The standard InChI is InChI=1S/C20H27N5O2/c1-4-23-12-11-15-5-6-17(13-23)24(15)20(26)19-14(2)25(22-21-19)16-7-9-18(27-3)10-8-16/h7-10,15,17H,4-6,11-13H2,1-3H3. The van der Waals surface area contributed by atoms with Crippen molar-refractivity contribution in [2.45, 2.75) is 45.2 Å². The summed E-state index contributed by atoms with van der Waals surface area (Å²) >= 11 is 0. The van der Waals surface area contributed by atoms with Gasteiger partial charge < -0.3 is 14.5 Å². The second-order valence-corrected chi connectivity index (χ2v) is 7.41. The van der Waals surface area contributed by atoms with Gasteiger partial charge in [0.25, 0.3) is 5.91 Å². The molecule has 0 N–H and O–H groups in total. The van der Waals surface area contributed by atoms with Crippen LogP contribution in [0.5, 0.6) is 5.75 Å². The van der Waals surface area contributed by atoms with E-state index in [9.17, 15) is 4.79 Å². The van der Waals surface area contributed by atoms with Gasteiger partial charge in [0.2, 0.25) is 0 Å². The zero-order valence-corrected chi connectivity index (χ0v) is 16.3. The summed E-state index contributed by atoms with van der Waals surface area (Å²) in [5.74, 6) is 0.812. The first-order chi connectivity index (χ1) is 13.1. The zero-order chi connectivity index (χ0) is 19.0. The van der Waals surface area contributed by atoms with Crippen molar-refractivity contribution in [2.24, 2.45) is 0 Å². The summed E-state index contributed by atoms with van der Waals surface area (Å²) in [6.07, 6.45) is 3.22. The maximum atomic E-state index is 13.3. The molecule has 0 spiro atoms. The molecule has 0 radical (unpaired) electrons. The first-order valence-corrected chi connectivity index (χ1v) is 9.74. The number of fused-ring (bicyclic) bond motifs is 2. The van der Waals surface area contributed by atoms with Crippen molar-refractivity contribution in [1.29, 1.82) is 0 Å². The highest BCUT2D eigenvalue weighted by atomic mass is 16.5. The average Bonchev–Trinajstić information content (AvgIpc) is 3.20. The Morgan fingerprint density at radius 2 is 1.93 bits per heavy atom. The van der Waals surface area contributed by atoms with E-state index in [1.165, 1.54) is 0 Å². The third-order valence-electron chi connectivity index (χ3n) is 5.96. The van der Waals surface area contributed by atoms with E-state index >= 15 is 0 Å². The lowest BCUT2D eigenvalue weighted by atomic mass is 10.1. The van der Waals surface area contributed by atoms with Crippen molar-refractivity contribution >= 4 is 5.91 Å². The predicted molar refractivity (Wildman–Crippen MR) is 102 cm³/mol. The fourth-order valence-electron chi connectivity index (χ4n) is 4.38. The number of methoxy groups -OCH3 is 1. The van der Waals surface area contributed by atoms with Crippen LogP contribution in [0, 0.1) is 6.92 Å². The van der Waals surface area contributed by atoms with Crippen LogP contribution in [0.2, 0.25) is 0 Å². The minimum absolute atomic E-state index is 0.0257. The molecule has 2 atom stereocenters. The van der Waals surface area contributed by atoms with Gasteiger partial charge in [0.1, 0.15) is 5.75 Å². The summed E-state index contributed by atoms with van der Waals surface area (Å²) in [4.78, 5) is 17.9. The first-order valence-electron chi connectivity index (χ1n) is 9.74. The number of aromatic nitrogens is 3. The van der Waals surface area contributed by atoms with Gasteiger partial charge in [-0.05, 0) is 57.0 Å². The van der Waals surface area contributed by atoms with Crippen molar-refractivity contribution in [2.75, 3.05) is 26.7 Å². The first kappa shape index (κ1) is 18.0. The van der Waals surface area contributed by atoms with Crippen molar-refractivity contribution in [3.05, 3.63) is 35.7 Å². The number of carbonyl (C=O) groups is 1. The van der Waals surface area contributed by atoms with Crippen LogP contribution in [0.15, 0.2) is 24.3 Å². The Kier molecular flexibility index (Phi) is 4.86. The Balaban J connectivity index is 1.60. The van der Waals surface area contributed by atoms with E-state index in [0.29, 0.717) is 11.7 Å². The third-order valence-corrected chi connectivity index (χ3v) is 5.96. The maximum Gasteiger partial charge on any atom is 0.276 e. The zero-order valence-electron chi connectivity index (χ0n) is 16.3. The number of ether oxygens (including phenoxy) is 1. The second kappa shape index (κ2) is 7.31. The summed E-state index contributed by atoms with van der Waals surface area (Å²) in [7, 11) is 1.64. The molecule has 2 aromatic rings. The molecule has 1 aromatic carbocycles. The predicted octanol–water partition coefficient (Wildman–Crippen LogP) is 2.28. The van der Waals surface area contributed by atoms with Crippen LogP contribution in [0.25, 0.3) is 5.69 Å². The number of likely N-dealkylation sites (N-methyl/N-ethyl adjacent to an activating group) is 1. The van der Waals surface area contributed by atoms with Crippen molar-refractivity contribution in [3.63, 3.8) is 0 Å². The summed E-state index contributed by atoms with van der Waals surface area (Å²) in [6.45, 7) is 7.17. The molecule has 2 fully saturated rings. The largest absolute Gasteiger partial charge is 0.497 e. The van der Waals surface area contributed by atoms with Crippen LogP contribution < -0.4 is 4.74 Å². The molecule has 2 aliphatic rings. The molecule has 27 heavy (non-hydrogen) atoms. The molecule has 2 bridgehead atoms. The van der Waals surface area contributed by atoms with Crippen LogP contribution >= 0.6 is 0 Å². The molecule has 2 aliphatic heterocycles. The summed E-state index contributed by atoms with van der Waals surface area (Å²) in [5.41, 5.74) is 2.12. The van der Waals surface area contributed by atoms with Crippen molar-refractivity contribution < 1.29 is 9.53 Å². The monoisotopic (exact) mass is 369 g/mol. The quantitative estimate of drug-likeness (QED) is 0.827. The average molecular weight is 369 g/mol. The Hall–Kier alpha value is -2.41. The lowest BCUT2D eigenvalue weighted by Crippen LogP contribution is -2.43. The van der Waals surface area contributed by atoms with Gasteiger partial charge in [-0.15, -0.1) is 5.10 Å². The Morgan fingerprint density at radius 1 is 1.19 bits per heavy atom. The molecule has 7 heteroatoms. The van der Waals surface area contributed by atoms with E-state index in [1.54, 1.807) is 11.8 Å². The second-order valence-electron chi connectivity index (χ2n) is 7.41. The van der Waals surface area contributed by atoms with Gasteiger partial charge in [-0.1, -0.05) is 12.1 Å². The van der Waals surface area contributed by atoms with E-state index in [2.05, 4.69) is 27.0 Å². The number of amides is 1. The van der Waals surface area contributed by atoms with Gasteiger partial charge in [-0.25, -0.2) is 4.68 Å². The van der Waals surface area contributed by atoms with Crippen molar-refractivity contribution in [3.8, 4) is 11.4 Å². The van der Waals surface area contributed by atoms with Crippen LogP contribution in [-0.2, 0) is 0 Å². The van der Waals surface area contributed by atoms with Crippen LogP contribution in [0.1, 0.15) is 42.4 Å². The normalized spacial score (nSPS) is 22.7. The molecule has 2 unspecified atom stereocenters. The lowest BCUT2D eigenvalue weighted by molar-refractivity contribution is 0.0664. The highest BCUT2D eigenvalue weighted by Gasteiger charge is 2.41. The van der Waals surface area contributed by atoms with Gasteiger partial charge in [0, 0.05) is 25.2 Å². The Morgan fingerprint density at radius 3 is 2.63 bits per heavy atom. The number of hydrogen-bond acceptors (Lipinski definition) is 5. The third kappa shape index (κ3) is 3.20. The van der Waals surface area contributed by atoms with E-state index in [1.807, 2.05) is 31.2 Å². The van der Waals surface area contributed by atoms with Gasteiger partial charge in [0.15, 0.2) is 5.69 Å². The summed E-state index contributed by atoms with van der Waals surface area (Å²) in [5, 5.41) is 8.50. The van der Waals surface area contributed by atoms with Gasteiger partial charge in [-0.3, -0.25) is 4.79 Å². The van der Waals surface area contributed by atoms with E-state index in [4.69, 9.17) is 4.74 Å². The Bertz CT molecular complexity index is 816. The number of rotatable bonds is 4. The molecule has 1 amide bonds. The number of hydrogen-bond donors (Lipinski definition) is 0. The van der Waals surface area contributed by atoms with E-state index < -0.39 is 0 Å². The molecular weight excluding hydrogens is 342 g/mol. The highest BCUT2D eigenvalue weighted by molar-refractivity contribution is 5.94. The highest BCUT2D eigenvalue weighted by Crippen LogP contribution is 2.32.